The second-order valence-corrected chi connectivity index (χ2v) is 5.64. The number of nitrogens with zero attached hydrogens (tertiary/aromatic N) is 1. The van der Waals surface area contributed by atoms with Crippen LogP contribution in [0.25, 0.3) is 0 Å². The maximum atomic E-state index is 12.2. The Morgan fingerprint density at radius 1 is 1.33 bits per heavy atom. The number of hydrogen-bond acceptors (Lipinski definition) is 2. The van der Waals surface area contributed by atoms with Gasteiger partial charge in [-0.1, -0.05) is 37.3 Å². The Morgan fingerprint density at radius 2 is 2.06 bits per heavy atom. The molecule has 3 rings (SSSR count). The van der Waals surface area contributed by atoms with Crippen molar-refractivity contribution in [2.24, 2.45) is 11.8 Å². The summed E-state index contributed by atoms with van der Waals surface area (Å²) in [6, 6.07) is 10.2. The van der Waals surface area contributed by atoms with Crippen molar-refractivity contribution in [3.63, 3.8) is 0 Å². The summed E-state index contributed by atoms with van der Waals surface area (Å²) < 4.78 is 0. The zero-order valence-corrected chi connectivity index (χ0v) is 10.8. The first-order valence-corrected chi connectivity index (χ1v) is 6.80. The van der Waals surface area contributed by atoms with Gasteiger partial charge in [0, 0.05) is 6.54 Å². The maximum Gasteiger partial charge on any atom is 0.241 e. The van der Waals surface area contributed by atoms with Crippen LogP contribution in [0.15, 0.2) is 30.3 Å². The zero-order chi connectivity index (χ0) is 12.5. The second kappa shape index (κ2) is 4.73. The van der Waals surface area contributed by atoms with E-state index in [1.165, 1.54) is 12.0 Å². The Hall–Kier alpha value is -1.35. The van der Waals surface area contributed by atoms with Gasteiger partial charge in [-0.05, 0) is 30.2 Å². The van der Waals surface area contributed by atoms with E-state index in [0.29, 0.717) is 0 Å². The Bertz CT molecular complexity index is 431. The van der Waals surface area contributed by atoms with E-state index in [4.69, 9.17) is 0 Å². The highest BCUT2D eigenvalue weighted by atomic mass is 16.2. The molecule has 1 aliphatic heterocycles. The van der Waals surface area contributed by atoms with Crippen molar-refractivity contribution in [2.75, 3.05) is 13.2 Å². The van der Waals surface area contributed by atoms with Crippen LogP contribution in [-0.4, -0.2) is 30.1 Å². The first-order chi connectivity index (χ1) is 8.74. The van der Waals surface area contributed by atoms with E-state index in [1.54, 1.807) is 0 Å². The number of benzene rings is 1. The molecule has 18 heavy (non-hydrogen) atoms. The van der Waals surface area contributed by atoms with E-state index in [0.717, 1.165) is 31.5 Å². The normalized spacial score (nSPS) is 30.8. The fourth-order valence-electron chi connectivity index (χ4n) is 2.71. The minimum atomic E-state index is -0.0264. The molecule has 2 aliphatic rings. The van der Waals surface area contributed by atoms with Gasteiger partial charge in [0.1, 0.15) is 0 Å². The van der Waals surface area contributed by atoms with Gasteiger partial charge in [0.05, 0.1) is 12.7 Å². The average Bonchev–Trinajstić information content (AvgIpc) is 2.98. The third-order valence-corrected chi connectivity index (χ3v) is 4.15. The number of rotatable bonds is 4. The van der Waals surface area contributed by atoms with Gasteiger partial charge >= 0.3 is 0 Å². The summed E-state index contributed by atoms with van der Waals surface area (Å²) in [4.78, 5) is 14.2. The predicted octanol–water partition coefficient (Wildman–Crippen LogP) is 1.64. The van der Waals surface area contributed by atoms with Gasteiger partial charge < -0.3 is 4.90 Å². The van der Waals surface area contributed by atoms with Crippen molar-refractivity contribution in [1.82, 2.24) is 10.2 Å². The van der Waals surface area contributed by atoms with Crippen molar-refractivity contribution >= 4 is 5.91 Å². The molecule has 0 aromatic heterocycles. The Morgan fingerprint density at radius 3 is 2.72 bits per heavy atom. The first kappa shape index (κ1) is 11.7. The first-order valence-electron chi connectivity index (χ1n) is 6.80. The van der Waals surface area contributed by atoms with Crippen LogP contribution < -0.4 is 5.32 Å². The van der Waals surface area contributed by atoms with Gasteiger partial charge in [-0.3, -0.25) is 10.1 Å². The quantitative estimate of drug-likeness (QED) is 0.873. The molecule has 1 aliphatic carbocycles. The molecule has 3 atom stereocenters. The smallest absolute Gasteiger partial charge is 0.241 e. The van der Waals surface area contributed by atoms with Gasteiger partial charge in [-0.15, -0.1) is 0 Å². The lowest BCUT2D eigenvalue weighted by molar-refractivity contribution is -0.129. The second-order valence-electron chi connectivity index (χ2n) is 5.64. The number of amides is 1. The number of carbonyl (C=O) groups is 1. The van der Waals surface area contributed by atoms with E-state index in [2.05, 4.69) is 24.4 Å². The van der Waals surface area contributed by atoms with Gasteiger partial charge in [-0.2, -0.15) is 0 Å². The molecule has 0 radical (unpaired) electrons. The van der Waals surface area contributed by atoms with Crippen LogP contribution in [0.3, 0.4) is 0 Å². The summed E-state index contributed by atoms with van der Waals surface area (Å²) in [6.45, 7) is 3.93. The molecule has 96 valence electrons. The molecule has 0 spiro atoms. The highest BCUT2D eigenvalue weighted by Crippen LogP contribution is 2.38. The van der Waals surface area contributed by atoms with Crippen LogP contribution in [0.1, 0.15) is 18.9 Å². The lowest BCUT2D eigenvalue weighted by atomic mass is 10.1. The number of hydrogen-bond donors (Lipinski definition) is 1. The highest BCUT2D eigenvalue weighted by Gasteiger charge is 2.38. The molecular weight excluding hydrogens is 224 g/mol. The summed E-state index contributed by atoms with van der Waals surface area (Å²) >= 11 is 0. The van der Waals surface area contributed by atoms with Crippen LogP contribution >= 0.6 is 0 Å². The molecule has 1 saturated carbocycles. The van der Waals surface area contributed by atoms with Crippen LogP contribution in [0, 0.1) is 11.8 Å². The molecule has 1 heterocycles. The zero-order valence-electron chi connectivity index (χ0n) is 10.8. The fourth-order valence-corrected chi connectivity index (χ4v) is 2.71. The van der Waals surface area contributed by atoms with Crippen molar-refractivity contribution in [3.8, 4) is 0 Å². The summed E-state index contributed by atoms with van der Waals surface area (Å²) in [5.41, 5.74) is 1.23. The summed E-state index contributed by atoms with van der Waals surface area (Å²) in [6.07, 6.45) is 2.09. The van der Waals surface area contributed by atoms with Crippen molar-refractivity contribution in [3.05, 3.63) is 35.9 Å². The molecule has 0 bridgehead atoms. The van der Waals surface area contributed by atoms with Gasteiger partial charge in [0.15, 0.2) is 0 Å². The van der Waals surface area contributed by atoms with E-state index in [9.17, 15) is 4.79 Å². The summed E-state index contributed by atoms with van der Waals surface area (Å²) in [7, 11) is 0. The van der Waals surface area contributed by atoms with Gasteiger partial charge in [0.2, 0.25) is 5.91 Å². The van der Waals surface area contributed by atoms with Gasteiger partial charge in [-0.25, -0.2) is 0 Å². The topological polar surface area (TPSA) is 32.3 Å². The Kier molecular flexibility index (Phi) is 3.08. The third kappa shape index (κ3) is 2.41. The molecule has 1 amide bonds. The number of nitrogens with one attached hydrogen (secondary N) is 1. The molecule has 1 aromatic rings. The summed E-state index contributed by atoms with van der Waals surface area (Å²) in [5.74, 6) is 1.83. The average molecular weight is 244 g/mol. The van der Waals surface area contributed by atoms with Crippen LogP contribution in [0.4, 0.5) is 0 Å². The van der Waals surface area contributed by atoms with E-state index >= 15 is 0 Å². The predicted molar refractivity (Wildman–Crippen MR) is 70.9 cm³/mol. The van der Waals surface area contributed by atoms with Crippen LogP contribution in [0.2, 0.25) is 0 Å². The van der Waals surface area contributed by atoms with Crippen LogP contribution in [0.5, 0.6) is 0 Å². The molecule has 3 nitrogen and oxygen atoms in total. The fraction of sp³-hybridized carbons (Fsp3) is 0.533. The van der Waals surface area contributed by atoms with Crippen molar-refractivity contribution in [1.29, 1.82) is 0 Å². The van der Waals surface area contributed by atoms with Gasteiger partial charge in [0.25, 0.3) is 0 Å². The minimum Gasteiger partial charge on any atom is -0.328 e. The molecule has 1 aromatic carbocycles. The SMILES string of the molecule is CC1CC1CN1CNC(Cc2ccccc2)C1=O. The van der Waals surface area contributed by atoms with E-state index in [-0.39, 0.29) is 11.9 Å². The van der Waals surface area contributed by atoms with E-state index < -0.39 is 0 Å². The van der Waals surface area contributed by atoms with Crippen molar-refractivity contribution in [2.45, 2.75) is 25.8 Å². The lowest BCUT2D eigenvalue weighted by Gasteiger charge is -2.15. The van der Waals surface area contributed by atoms with Crippen molar-refractivity contribution < 1.29 is 4.79 Å². The third-order valence-electron chi connectivity index (χ3n) is 4.15. The minimum absolute atomic E-state index is 0.0264. The Balaban J connectivity index is 1.57. The lowest BCUT2D eigenvalue weighted by Crippen LogP contribution is -2.33. The number of carbonyl (C=O) groups excluding carboxylic acids is 1. The summed E-state index contributed by atoms with van der Waals surface area (Å²) in [5, 5.41) is 3.33. The van der Waals surface area contributed by atoms with E-state index in [1.807, 2.05) is 23.1 Å². The standard InChI is InChI=1S/C15H20N2O/c1-11-7-13(11)9-17-10-16-14(15(17)18)8-12-5-3-2-4-6-12/h2-6,11,13-14,16H,7-10H2,1H3. The highest BCUT2D eigenvalue weighted by molar-refractivity contribution is 5.84. The van der Waals surface area contributed by atoms with Crippen LogP contribution in [-0.2, 0) is 11.2 Å². The molecular formula is C15H20N2O. The molecule has 3 heteroatoms. The Labute approximate surface area is 108 Å². The molecule has 3 unspecified atom stereocenters. The molecule has 2 fully saturated rings. The molecule has 1 saturated heterocycles. The largest absolute Gasteiger partial charge is 0.328 e. The maximum absolute atomic E-state index is 12.2. The molecule has 1 N–H and O–H groups in total. The monoisotopic (exact) mass is 244 g/mol.